The van der Waals surface area contributed by atoms with Crippen molar-refractivity contribution in [2.45, 2.75) is 30.7 Å². The van der Waals surface area contributed by atoms with Gasteiger partial charge in [0.25, 0.3) is 0 Å². The quantitative estimate of drug-likeness (QED) is 0.641. The minimum atomic E-state index is -3.45. The number of rotatable bonds is 6. The van der Waals surface area contributed by atoms with Crippen molar-refractivity contribution in [3.05, 3.63) is 54.6 Å². The molecule has 1 saturated carbocycles. The molecule has 2 fully saturated rings. The Kier molecular flexibility index (Phi) is 5.42. The van der Waals surface area contributed by atoms with E-state index in [4.69, 9.17) is 4.98 Å². The van der Waals surface area contributed by atoms with Crippen molar-refractivity contribution < 1.29 is 8.42 Å². The second kappa shape index (κ2) is 8.22. The van der Waals surface area contributed by atoms with Crippen LogP contribution in [0.5, 0.6) is 0 Å². The predicted molar refractivity (Wildman–Crippen MR) is 125 cm³/mol. The van der Waals surface area contributed by atoms with Crippen LogP contribution in [-0.2, 0) is 10.0 Å². The number of nitrogens with zero attached hydrogens (tertiary/aromatic N) is 3. The number of hydrogen-bond donors (Lipinski definition) is 1. The van der Waals surface area contributed by atoms with Crippen LogP contribution in [0.1, 0.15) is 19.8 Å². The highest BCUT2D eigenvalue weighted by Gasteiger charge is 2.28. The molecule has 0 unspecified atom stereocenters. The maximum atomic E-state index is 12.5. The van der Waals surface area contributed by atoms with Gasteiger partial charge < -0.3 is 9.80 Å². The fourth-order valence-electron chi connectivity index (χ4n) is 4.14. The van der Waals surface area contributed by atoms with Gasteiger partial charge in [0.2, 0.25) is 10.0 Å². The summed E-state index contributed by atoms with van der Waals surface area (Å²) >= 11 is 0. The molecule has 7 heteroatoms. The lowest BCUT2D eigenvalue weighted by atomic mass is 10.1. The molecule has 2 aliphatic rings. The van der Waals surface area contributed by atoms with E-state index in [1.807, 2.05) is 18.2 Å². The molecule has 6 nitrogen and oxygen atoms in total. The third-order valence-corrected chi connectivity index (χ3v) is 7.74. The highest BCUT2D eigenvalue weighted by Crippen LogP contribution is 2.31. The van der Waals surface area contributed by atoms with Gasteiger partial charge in [-0.15, -0.1) is 0 Å². The summed E-state index contributed by atoms with van der Waals surface area (Å²) < 4.78 is 27.7. The smallest absolute Gasteiger partial charge is 0.240 e. The van der Waals surface area contributed by atoms with E-state index in [-0.39, 0.29) is 6.04 Å². The Labute approximate surface area is 183 Å². The monoisotopic (exact) mass is 436 g/mol. The van der Waals surface area contributed by atoms with Crippen molar-refractivity contribution in [2.24, 2.45) is 0 Å². The molecule has 2 heterocycles. The molecular formula is C24H28N4O2S. The van der Waals surface area contributed by atoms with Crippen molar-refractivity contribution in [1.29, 1.82) is 0 Å². The second-order valence-electron chi connectivity index (χ2n) is 8.39. The molecule has 31 heavy (non-hydrogen) atoms. The second-order valence-corrected chi connectivity index (χ2v) is 10.1. The Balaban J connectivity index is 1.49. The van der Waals surface area contributed by atoms with Gasteiger partial charge in [0.1, 0.15) is 5.82 Å². The summed E-state index contributed by atoms with van der Waals surface area (Å²) in [6.07, 6.45) is 1.85. The molecule has 0 amide bonds. The van der Waals surface area contributed by atoms with Crippen molar-refractivity contribution in [3.63, 3.8) is 0 Å². The first-order valence-corrected chi connectivity index (χ1v) is 12.5. The number of likely N-dealkylation sites (N-methyl/N-ethyl adjacent to an activating group) is 1. The van der Waals surface area contributed by atoms with Gasteiger partial charge in [-0.2, -0.15) is 0 Å². The van der Waals surface area contributed by atoms with E-state index in [1.54, 1.807) is 12.1 Å². The molecule has 0 atom stereocenters. The minimum Gasteiger partial charge on any atom is -0.354 e. The molecule has 3 aromatic rings. The molecule has 1 aliphatic carbocycles. The summed E-state index contributed by atoms with van der Waals surface area (Å²) in [6, 6.07) is 17.6. The molecule has 0 spiro atoms. The van der Waals surface area contributed by atoms with Crippen LogP contribution in [0.4, 0.5) is 5.82 Å². The third-order valence-electron chi connectivity index (χ3n) is 6.20. The SMILES string of the molecule is CCN1CCN(c2nc(-c3ccc(S(=O)(=O)NC4CC4)cc3)cc3ccccc23)CC1. The maximum absolute atomic E-state index is 12.5. The van der Waals surface area contributed by atoms with E-state index in [9.17, 15) is 8.42 Å². The van der Waals surface area contributed by atoms with E-state index in [0.29, 0.717) is 4.90 Å². The Bertz CT molecular complexity index is 1180. The summed E-state index contributed by atoms with van der Waals surface area (Å²) in [6.45, 7) is 7.27. The zero-order valence-electron chi connectivity index (χ0n) is 17.8. The molecule has 1 saturated heterocycles. The molecule has 0 bridgehead atoms. The maximum Gasteiger partial charge on any atom is 0.240 e. The lowest BCUT2D eigenvalue weighted by Crippen LogP contribution is -2.46. The fourth-order valence-corrected chi connectivity index (χ4v) is 5.44. The molecule has 1 N–H and O–H groups in total. The number of benzene rings is 2. The van der Waals surface area contributed by atoms with E-state index < -0.39 is 10.0 Å². The van der Waals surface area contributed by atoms with Crippen LogP contribution < -0.4 is 9.62 Å². The number of sulfonamides is 1. The van der Waals surface area contributed by atoms with Gasteiger partial charge in [-0.1, -0.05) is 43.3 Å². The Hall–Kier alpha value is -2.48. The van der Waals surface area contributed by atoms with Gasteiger partial charge in [0.15, 0.2) is 0 Å². The van der Waals surface area contributed by atoms with Crippen LogP contribution in [0.25, 0.3) is 22.0 Å². The van der Waals surface area contributed by atoms with Gasteiger partial charge in [-0.3, -0.25) is 0 Å². The van der Waals surface area contributed by atoms with Gasteiger partial charge in [0.05, 0.1) is 10.6 Å². The Morgan fingerprint density at radius 2 is 1.71 bits per heavy atom. The van der Waals surface area contributed by atoms with Crippen LogP contribution in [-0.4, -0.2) is 57.1 Å². The van der Waals surface area contributed by atoms with E-state index >= 15 is 0 Å². The molecule has 1 aliphatic heterocycles. The molecule has 5 rings (SSSR count). The van der Waals surface area contributed by atoms with Crippen LogP contribution >= 0.6 is 0 Å². The van der Waals surface area contributed by atoms with Crippen molar-refractivity contribution in [3.8, 4) is 11.3 Å². The summed E-state index contributed by atoms with van der Waals surface area (Å²) in [5.74, 6) is 1.01. The number of fused-ring (bicyclic) bond motifs is 1. The van der Waals surface area contributed by atoms with Crippen LogP contribution in [0.3, 0.4) is 0 Å². The van der Waals surface area contributed by atoms with Gasteiger partial charge in [-0.05, 0) is 43.0 Å². The summed E-state index contributed by atoms with van der Waals surface area (Å²) in [4.78, 5) is 10.2. The molecular weight excluding hydrogens is 408 g/mol. The van der Waals surface area contributed by atoms with Crippen molar-refractivity contribution in [1.82, 2.24) is 14.6 Å². The van der Waals surface area contributed by atoms with E-state index in [1.165, 1.54) is 0 Å². The Morgan fingerprint density at radius 3 is 2.39 bits per heavy atom. The topological polar surface area (TPSA) is 65.5 Å². The first kappa shape index (κ1) is 20.4. The van der Waals surface area contributed by atoms with Crippen molar-refractivity contribution in [2.75, 3.05) is 37.6 Å². The highest BCUT2D eigenvalue weighted by molar-refractivity contribution is 7.89. The summed E-state index contributed by atoms with van der Waals surface area (Å²) in [5.41, 5.74) is 1.79. The number of pyridine rings is 1. The zero-order valence-corrected chi connectivity index (χ0v) is 18.6. The minimum absolute atomic E-state index is 0.0996. The summed E-state index contributed by atoms with van der Waals surface area (Å²) in [5, 5.41) is 2.30. The molecule has 2 aromatic carbocycles. The predicted octanol–water partition coefficient (Wildman–Crippen LogP) is 3.48. The number of aromatic nitrogens is 1. The number of piperazine rings is 1. The largest absolute Gasteiger partial charge is 0.354 e. The first-order chi connectivity index (χ1) is 15.0. The summed E-state index contributed by atoms with van der Waals surface area (Å²) in [7, 11) is -3.45. The van der Waals surface area contributed by atoms with Gasteiger partial charge in [0, 0.05) is 43.2 Å². The molecule has 1 aromatic heterocycles. The average Bonchev–Trinajstić information content (AvgIpc) is 3.62. The van der Waals surface area contributed by atoms with E-state index in [0.717, 1.165) is 73.4 Å². The highest BCUT2D eigenvalue weighted by atomic mass is 32.2. The fraction of sp³-hybridized carbons (Fsp3) is 0.375. The Morgan fingerprint density at radius 1 is 1.00 bits per heavy atom. The van der Waals surface area contributed by atoms with Crippen LogP contribution in [0, 0.1) is 0 Å². The average molecular weight is 437 g/mol. The number of nitrogens with one attached hydrogen (secondary N) is 1. The molecule has 0 radical (unpaired) electrons. The van der Waals surface area contributed by atoms with Crippen LogP contribution in [0.15, 0.2) is 59.5 Å². The first-order valence-electron chi connectivity index (χ1n) is 11.0. The van der Waals surface area contributed by atoms with Gasteiger partial charge >= 0.3 is 0 Å². The number of anilines is 1. The zero-order chi connectivity index (χ0) is 21.4. The molecule has 162 valence electrons. The number of hydrogen-bond acceptors (Lipinski definition) is 5. The van der Waals surface area contributed by atoms with Crippen molar-refractivity contribution >= 4 is 26.6 Å². The normalized spacial score (nSPS) is 17.9. The van der Waals surface area contributed by atoms with Crippen LogP contribution in [0.2, 0.25) is 0 Å². The standard InChI is InChI=1S/C24H28N4O2S/c1-2-27-13-15-28(16-14-27)24-22-6-4-3-5-19(22)17-23(25-24)18-7-11-21(12-8-18)31(29,30)26-20-9-10-20/h3-8,11-12,17,20,26H,2,9-10,13-16H2,1H3. The van der Waals surface area contributed by atoms with Gasteiger partial charge in [-0.25, -0.2) is 18.1 Å². The third kappa shape index (κ3) is 4.31. The lowest BCUT2D eigenvalue weighted by molar-refractivity contribution is 0.271. The lowest BCUT2D eigenvalue weighted by Gasteiger charge is -2.35. The van der Waals surface area contributed by atoms with E-state index in [2.05, 4.69) is 45.7 Å².